The largest absolute Gasteiger partial charge is 0.465 e. The minimum atomic E-state index is -0.898. The van der Waals surface area contributed by atoms with Crippen LogP contribution in [0.2, 0.25) is 0 Å². The number of aromatic amines is 1. The molecule has 7 heteroatoms. The van der Waals surface area contributed by atoms with E-state index < -0.39 is 6.09 Å². The van der Waals surface area contributed by atoms with Gasteiger partial charge < -0.3 is 19.9 Å². The van der Waals surface area contributed by atoms with Crippen LogP contribution in [0.4, 0.5) is 4.79 Å². The molecule has 5 rings (SSSR count). The third kappa shape index (κ3) is 3.24. The van der Waals surface area contributed by atoms with Gasteiger partial charge in [0.2, 0.25) is 5.91 Å². The second-order valence-electron chi connectivity index (χ2n) is 8.51. The molecule has 7 nitrogen and oxygen atoms in total. The topological polar surface area (TPSA) is 89.5 Å². The lowest BCUT2D eigenvalue weighted by atomic mass is 9.86. The van der Waals surface area contributed by atoms with Gasteiger partial charge in [0.25, 0.3) is 0 Å². The molecule has 4 heterocycles. The molecule has 1 fully saturated rings. The van der Waals surface area contributed by atoms with Gasteiger partial charge in [0, 0.05) is 43.0 Å². The number of carboxylic acid groups (broad SMARTS) is 1. The predicted octanol–water partition coefficient (Wildman–Crippen LogP) is 4.26. The van der Waals surface area contributed by atoms with Crippen LogP contribution in [-0.2, 0) is 17.8 Å². The summed E-state index contributed by atoms with van der Waals surface area (Å²) in [5.41, 5.74) is 7.10. The van der Waals surface area contributed by atoms with Gasteiger partial charge in [-0.25, -0.2) is 9.78 Å². The van der Waals surface area contributed by atoms with E-state index in [2.05, 4.69) is 35.1 Å². The SMILES string of the molecule is CCN1Cc2cc(-c3cnc4[nH]cc(C)c4c3)cc([C@@H]3CCCN3C(=O)O)c2CC1=O. The van der Waals surface area contributed by atoms with Crippen molar-refractivity contribution in [3.05, 3.63) is 52.8 Å². The van der Waals surface area contributed by atoms with Gasteiger partial charge in [0.15, 0.2) is 0 Å². The average molecular weight is 418 g/mol. The van der Waals surface area contributed by atoms with Gasteiger partial charge in [-0.2, -0.15) is 0 Å². The summed E-state index contributed by atoms with van der Waals surface area (Å²) in [4.78, 5) is 35.7. The van der Waals surface area contributed by atoms with Crippen LogP contribution in [0.3, 0.4) is 0 Å². The Morgan fingerprint density at radius 3 is 2.90 bits per heavy atom. The summed E-state index contributed by atoms with van der Waals surface area (Å²) in [6.45, 7) is 5.80. The Morgan fingerprint density at radius 1 is 1.29 bits per heavy atom. The van der Waals surface area contributed by atoms with Gasteiger partial charge in [0.05, 0.1) is 12.5 Å². The van der Waals surface area contributed by atoms with Crippen LogP contribution in [0.5, 0.6) is 0 Å². The van der Waals surface area contributed by atoms with Gasteiger partial charge >= 0.3 is 6.09 Å². The number of fused-ring (bicyclic) bond motifs is 2. The van der Waals surface area contributed by atoms with Gasteiger partial charge in [-0.15, -0.1) is 0 Å². The quantitative estimate of drug-likeness (QED) is 0.665. The summed E-state index contributed by atoms with van der Waals surface area (Å²) in [6.07, 6.45) is 4.86. The van der Waals surface area contributed by atoms with Crippen LogP contribution in [0.25, 0.3) is 22.2 Å². The average Bonchev–Trinajstić information content (AvgIpc) is 3.40. The lowest BCUT2D eigenvalue weighted by Gasteiger charge is -2.32. The second kappa shape index (κ2) is 7.41. The van der Waals surface area contributed by atoms with Crippen molar-refractivity contribution in [2.24, 2.45) is 0 Å². The number of hydrogen-bond acceptors (Lipinski definition) is 3. The summed E-state index contributed by atoms with van der Waals surface area (Å²) < 4.78 is 0. The Hall–Kier alpha value is -3.35. The molecular formula is C24H26N4O3. The normalized spacial score (nSPS) is 18.6. The molecule has 0 unspecified atom stereocenters. The highest BCUT2D eigenvalue weighted by molar-refractivity contribution is 5.86. The van der Waals surface area contributed by atoms with E-state index in [1.165, 1.54) is 4.90 Å². The zero-order valence-corrected chi connectivity index (χ0v) is 17.8. The minimum Gasteiger partial charge on any atom is -0.465 e. The van der Waals surface area contributed by atoms with E-state index in [4.69, 9.17) is 0 Å². The molecule has 2 aliphatic rings. The number of nitrogens with one attached hydrogen (secondary N) is 1. The first kappa shape index (κ1) is 19.6. The third-order valence-corrected chi connectivity index (χ3v) is 6.73. The van der Waals surface area contributed by atoms with Crippen LogP contribution in [-0.4, -0.2) is 50.0 Å². The molecule has 160 valence electrons. The first-order chi connectivity index (χ1) is 15.0. The predicted molar refractivity (Wildman–Crippen MR) is 118 cm³/mol. The zero-order valence-electron chi connectivity index (χ0n) is 17.8. The molecule has 1 aromatic carbocycles. The molecule has 0 aliphatic carbocycles. The highest BCUT2D eigenvalue weighted by Crippen LogP contribution is 2.39. The van der Waals surface area contributed by atoms with Crippen molar-refractivity contribution >= 4 is 23.0 Å². The summed E-state index contributed by atoms with van der Waals surface area (Å²) >= 11 is 0. The fourth-order valence-corrected chi connectivity index (χ4v) is 5.03. The minimum absolute atomic E-state index is 0.106. The van der Waals surface area contributed by atoms with Gasteiger partial charge in [0.1, 0.15) is 5.65 Å². The summed E-state index contributed by atoms with van der Waals surface area (Å²) in [5.74, 6) is 0.106. The molecule has 0 bridgehead atoms. The van der Waals surface area contributed by atoms with E-state index in [0.717, 1.165) is 57.3 Å². The molecule has 3 aromatic rings. The van der Waals surface area contributed by atoms with E-state index >= 15 is 0 Å². The number of nitrogens with zero attached hydrogens (tertiary/aromatic N) is 3. The molecule has 1 saturated heterocycles. The molecule has 2 aliphatic heterocycles. The highest BCUT2D eigenvalue weighted by atomic mass is 16.4. The molecule has 0 radical (unpaired) electrons. The molecular weight excluding hydrogens is 392 g/mol. The van der Waals surface area contributed by atoms with Crippen molar-refractivity contribution in [1.82, 2.24) is 19.8 Å². The summed E-state index contributed by atoms with van der Waals surface area (Å²) in [6, 6.07) is 6.16. The monoisotopic (exact) mass is 418 g/mol. The fraction of sp³-hybridized carbons (Fsp3) is 0.375. The van der Waals surface area contributed by atoms with Crippen molar-refractivity contribution in [3.63, 3.8) is 0 Å². The number of aryl methyl sites for hydroxylation is 1. The van der Waals surface area contributed by atoms with E-state index in [1.807, 2.05) is 24.2 Å². The smallest absolute Gasteiger partial charge is 0.407 e. The van der Waals surface area contributed by atoms with Crippen LogP contribution in [0.1, 0.15) is 48.1 Å². The number of aromatic nitrogens is 2. The molecule has 1 atom stereocenters. The molecule has 0 spiro atoms. The van der Waals surface area contributed by atoms with Crippen molar-refractivity contribution in [3.8, 4) is 11.1 Å². The molecule has 0 saturated carbocycles. The van der Waals surface area contributed by atoms with Crippen LogP contribution in [0, 0.1) is 6.92 Å². The van der Waals surface area contributed by atoms with E-state index in [1.54, 1.807) is 0 Å². The Morgan fingerprint density at radius 2 is 2.13 bits per heavy atom. The number of likely N-dealkylation sites (N-methyl/N-ethyl adjacent to an activating group) is 1. The molecule has 31 heavy (non-hydrogen) atoms. The Bertz CT molecular complexity index is 1200. The number of likely N-dealkylation sites (tertiary alicyclic amines) is 1. The third-order valence-electron chi connectivity index (χ3n) is 6.73. The summed E-state index contributed by atoms with van der Waals surface area (Å²) in [7, 11) is 0. The second-order valence-corrected chi connectivity index (χ2v) is 8.51. The standard InChI is InChI=1S/C24H26N4O3/c1-3-27-13-17-7-15(16-9-18-14(2)11-25-23(18)26-12-16)8-20(19(17)10-22(27)29)21-5-4-6-28(21)24(30)31/h7-9,11-12,21H,3-6,10,13H2,1-2H3,(H,25,26)(H,30,31)/t21-/m0/s1. The fourth-order valence-electron chi connectivity index (χ4n) is 5.03. The number of carbonyl (C=O) groups excluding carboxylic acids is 1. The van der Waals surface area contributed by atoms with Crippen LogP contribution >= 0.6 is 0 Å². The van der Waals surface area contributed by atoms with Gasteiger partial charge in [-0.05, 0) is 72.7 Å². The first-order valence-electron chi connectivity index (χ1n) is 10.8. The Balaban J connectivity index is 1.68. The lowest BCUT2D eigenvalue weighted by molar-refractivity contribution is -0.131. The van der Waals surface area contributed by atoms with E-state index in [9.17, 15) is 14.7 Å². The molecule has 2 amide bonds. The maximum absolute atomic E-state index is 12.7. The van der Waals surface area contributed by atoms with Crippen LogP contribution in [0.15, 0.2) is 30.6 Å². The molecule has 2 N–H and O–H groups in total. The van der Waals surface area contributed by atoms with Gasteiger partial charge in [-0.1, -0.05) is 0 Å². The Labute approximate surface area is 180 Å². The zero-order chi connectivity index (χ0) is 21.7. The lowest BCUT2D eigenvalue weighted by Crippen LogP contribution is -2.37. The number of carbonyl (C=O) groups is 2. The maximum atomic E-state index is 12.7. The number of amides is 2. The number of H-pyrrole nitrogens is 1. The highest BCUT2D eigenvalue weighted by Gasteiger charge is 2.34. The number of pyridine rings is 1. The Kier molecular flexibility index (Phi) is 4.68. The van der Waals surface area contributed by atoms with Crippen molar-refractivity contribution < 1.29 is 14.7 Å². The maximum Gasteiger partial charge on any atom is 0.407 e. The van der Waals surface area contributed by atoms with Crippen molar-refractivity contribution in [2.45, 2.75) is 45.7 Å². The number of benzene rings is 1. The van der Waals surface area contributed by atoms with E-state index in [-0.39, 0.29) is 11.9 Å². The first-order valence-corrected chi connectivity index (χ1v) is 10.8. The van der Waals surface area contributed by atoms with Crippen LogP contribution < -0.4 is 0 Å². The summed E-state index contributed by atoms with van der Waals surface area (Å²) in [5, 5.41) is 10.8. The van der Waals surface area contributed by atoms with Crippen molar-refractivity contribution in [2.75, 3.05) is 13.1 Å². The van der Waals surface area contributed by atoms with Gasteiger partial charge in [-0.3, -0.25) is 4.79 Å². The van der Waals surface area contributed by atoms with E-state index in [0.29, 0.717) is 26.1 Å². The number of hydrogen-bond donors (Lipinski definition) is 2. The van der Waals surface area contributed by atoms with Crippen molar-refractivity contribution in [1.29, 1.82) is 0 Å². The molecule has 2 aromatic heterocycles. The number of rotatable bonds is 3.